The van der Waals surface area contributed by atoms with Crippen LogP contribution in [0.2, 0.25) is 0 Å². The summed E-state index contributed by atoms with van der Waals surface area (Å²) in [6, 6.07) is 9.80. The second kappa shape index (κ2) is 6.04. The van der Waals surface area contributed by atoms with Gasteiger partial charge in [-0.15, -0.1) is 0 Å². The fourth-order valence-corrected chi connectivity index (χ4v) is 2.95. The molecular weight excluding hydrogens is 268 g/mol. The summed E-state index contributed by atoms with van der Waals surface area (Å²) in [5.74, 6) is -0.721. The Morgan fingerprint density at radius 1 is 1.00 bits per heavy atom. The van der Waals surface area contributed by atoms with Crippen LogP contribution in [0.15, 0.2) is 47.4 Å². The van der Waals surface area contributed by atoms with Gasteiger partial charge in [-0.05, 0) is 41.5 Å². The van der Waals surface area contributed by atoms with Crippen molar-refractivity contribution in [2.45, 2.75) is 17.2 Å². The quantitative estimate of drug-likeness (QED) is 0.936. The highest BCUT2D eigenvalue weighted by atomic mass is 32.2. The first-order valence-corrected chi connectivity index (χ1v) is 7.03. The molecule has 1 unspecified atom stereocenters. The first kappa shape index (κ1) is 13.8. The molecule has 0 aliphatic carbocycles. The van der Waals surface area contributed by atoms with Crippen molar-refractivity contribution < 1.29 is 13.0 Å². The maximum Gasteiger partial charge on any atom is 0.124 e. The molecule has 0 spiro atoms. The first-order valence-electron chi connectivity index (χ1n) is 5.71. The summed E-state index contributed by atoms with van der Waals surface area (Å²) in [6.45, 7) is 0.246. The largest absolute Gasteiger partial charge is 0.326 e. The Bertz CT molecular complexity index is 616. The van der Waals surface area contributed by atoms with Gasteiger partial charge in [0.25, 0.3) is 0 Å². The van der Waals surface area contributed by atoms with Crippen LogP contribution in [-0.2, 0) is 23.1 Å². The van der Waals surface area contributed by atoms with Crippen LogP contribution >= 0.6 is 0 Å². The fraction of sp³-hybridized carbons (Fsp3) is 0.143. The molecule has 0 aliphatic rings. The van der Waals surface area contributed by atoms with E-state index in [4.69, 9.17) is 5.73 Å². The van der Waals surface area contributed by atoms with Gasteiger partial charge in [0.05, 0.1) is 16.6 Å². The average molecular weight is 281 g/mol. The maximum atomic E-state index is 13.2. The van der Waals surface area contributed by atoms with Crippen LogP contribution in [0, 0.1) is 11.6 Å². The highest BCUT2D eigenvalue weighted by Crippen LogP contribution is 2.17. The van der Waals surface area contributed by atoms with Crippen molar-refractivity contribution in [3.8, 4) is 0 Å². The summed E-state index contributed by atoms with van der Waals surface area (Å²) in [5.41, 5.74) is 6.89. The standard InChI is InChI=1S/C14H13F2NOS/c15-12-2-1-3-14(7-12)19(18)9-11-6-13(16)5-4-10(11)8-17/h1-7H,8-9,17H2. The Morgan fingerprint density at radius 2 is 1.74 bits per heavy atom. The van der Waals surface area contributed by atoms with Gasteiger partial charge >= 0.3 is 0 Å². The van der Waals surface area contributed by atoms with Gasteiger partial charge in [-0.1, -0.05) is 12.1 Å². The van der Waals surface area contributed by atoms with E-state index >= 15 is 0 Å². The lowest BCUT2D eigenvalue weighted by atomic mass is 10.1. The van der Waals surface area contributed by atoms with Gasteiger partial charge in [-0.3, -0.25) is 4.21 Å². The minimum Gasteiger partial charge on any atom is -0.326 e. The molecule has 2 nitrogen and oxygen atoms in total. The molecule has 0 aliphatic heterocycles. The lowest BCUT2D eigenvalue weighted by Gasteiger charge is -2.08. The monoisotopic (exact) mass is 281 g/mol. The molecule has 2 rings (SSSR count). The summed E-state index contributed by atoms with van der Waals surface area (Å²) in [4.78, 5) is 0.382. The lowest BCUT2D eigenvalue weighted by molar-refractivity contribution is 0.621. The van der Waals surface area contributed by atoms with E-state index in [1.807, 2.05) is 0 Å². The molecule has 2 aromatic rings. The average Bonchev–Trinajstić information content (AvgIpc) is 2.39. The predicted molar refractivity (Wildman–Crippen MR) is 70.8 cm³/mol. The Kier molecular flexibility index (Phi) is 4.39. The van der Waals surface area contributed by atoms with E-state index in [1.54, 1.807) is 12.1 Å². The first-order chi connectivity index (χ1) is 9.10. The molecule has 100 valence electrons. The second-order valence-corrected chi connectivity index (χ2v) is 5.52. The molecule has 5 heteroatoms. The van der Waals surface area contributed by atoms with Crippen molar-refractivity contribution in [1.29, 1.82) is 0 Å². The summed E-state index contributed by atoms with van der Waals surface area (Å²) in [7, 11) is -1.43. The minimum absolute atomic E-state index is 0.119. The smallest absolute Gasteiger partial charge is 0.124 e. The van der Waals surface area contributed by atoms with Gasteiger partial charge < -0.3 is 5.73 Å². The number of benzene rings is 2. The van der Waals surface area contributed by atoms with E-state index in [0.717, 1.165) is 5.56 Å². The Labute approximate surface area is 112 Å². The molecule has 0 saturated carbocycles. The summed E-state index contributed by atoms with van der Waals surface area (Å²) in [5, 5.41) is 0. The van der Waals surface area contributed by atoms with Crippen molar-refractivity contribution in [2.75, 3.05) is 0 Å². The van der Waals surface area contributed by atoms with Crippen LogP contribution in [0.25, 0.3) is 0 Å². The molecule has 0 amide bonds. The highest BCUT2D eigenvalue weighted by molar-refractivity contribution is 7.84. The van der Waals surface area contributed by atoms with Crippen molar-refractivity contribution in [1.82, 2.24) is 0 Å². The molecule has 0 saturated heterocycles. The number of rotatable bonds is 4. The maximum absolute atomic E-state index is 13.2. The van der Waals surface area contributed by atoms with Gasteiger partial charge in [0, 0.05) is 11.4 Å². The zero-order valence-electron chi connectivity index (χ0n) is 10.1. The third-order valence-corrected chi connectivity index (χ3v) is 4.09. The number of hydrogen-bond donors (Lipinski definition) is 1. The van der Waals surface area contributed by atoms with Gasteiger partial charge in [-0.2, -0.15) is 0 Å². The van der Waals surface area contributed by atoms with Gasteiger partial charge in [0.1, 0.15) is 11.6 Å². The lowest BCUT2D eigenvalue weighted by Crippen LogP contribution is -2.05. The van der Waals surface area contributed by atoms with E-state index in [-0.39, 0.29) is 12.3 Å². The van der Waals surface area contributed by atoms with Crippen LogP contribution in [0.4, 0.5) is 8.78 Å². The van der Waals surface area contributed by atoms with Crippen molar-refractivity contribution in [3.05, 3.63) is 65.2 Å². The Hall–Kier alpha value is -1.59. The van der Waals surface area contributed by atoms with Crippen LogP contribution in [0.1, 0.15) is 11.1 Å². The summed E-state index contributed by atoms with van der Waals surface area (Å²) < 4.78 is 38.4. The van der Waals surface area contributed by atoms with Crippen molar-refractivity contribution in [2.24, 2.45) is 5.73 Å². The molecule has 0 bridgehead atoms. The normalized spacial score (nSPS) is 12.4. The summed E-state index contributed by atoms with van der Waals surface area (Å²) in [6.07, 6.45) is 0. The van der Waals surface area contributed by atoms with Crippen LogP contribution < -0.4 is 5.73 Å². The van der Waals surface area contributed by atoms with E-state index in [2.05, 4.69) is 0 Å². The number of hydrogen-bond acceptors (Lipinski definition) is 2. The summed E-state index contributed by atoms with van der Waals surface area (Å²) >= 11 is 0. The predicted octanol–water partition coefficient (Wildman–Crippen LogP) is 2.73. The molecule has 0 radical (unpaired) electrons. The van der Waals surface area contributed by atoms with E-state index in [1.165, 1.54) is 30.3 Å². The SMILES string of the molecule is NCc1ccc(F)cc1CS(=O)c1cccc(F)c1. The third kappa shape index (κ3) is 3.45. The van der Waals surface area contributed by atoms with Gasteiger partial charge in [-0.25, -0.2) is 8.78 Å². The zero-order valence-corrected chi connectivity index (χ0v) is 10.9. The fourth-order valence-electron chi connectivity index (χ4n) is 1.76. The van der Waals surface area contributed by atoms with E-state index < -0.39 is 22.4 Å². The van der Waals surface area contributed by atoms with Gasteiger partial charge in [0.2, 0.25) is 0 Å². The van der Waals surface area contributed by atoms with Crippen molar-refractivity contribution in [3.63, 3.8) is 0 Å². The molecule has 1 atom stereocenters. The third-order valence-electron chi connectivity index (χ3n) is 2.73. The highest BCUT2D eigenvalue weighted by Gasteiger charge is 2.10. The molecule has 2 N–H and O–H groups in total. The Morgan fingerprint density at radius 3 is 2.42 bits per heavy atom. The van der Waals surface area contributed by atoms with Crippen LogP contribution in [0.5, 0.6) is 0 Å². The number of nitrogens with two attached hydrogens (primary N) is 1. The molecule has 2 aromatic carbocycles. The van der Waals surface area contributed by atoms with E-state index in [0.29, 0.717) is 10.5 Å². The molecule has 0 aromatic heterocycles. The second-order valence-electron chi connectivity index (χ2n) is 4.06. The molecule has 0 heterocycles. The zero-order chi connectivity index (χ0) is 13.8. The molecule has 19 heavy (non-hydrogen) atoms. The minimum atomic E-state index is -1.43. The van der Waals surface area contributed by atoms with Crippen molar-refractivity contribution >= 4 is 10.8 Å². The molecule has 0 fully saturated rings. The van der Waals surface area contributed by atoms with Crippen LogP contribution in [-0.4, -0.2) is 4.21 Å². The van der Waals surface area contributed by atoms with Crippen LogP contribution in [0.3, 0.4) is 0 Å². The topological polar surface area (TPSA) is 43.1 Å². The number of halogens is 2. The molecular formula is C14H13F2NOS. The Balaban J connectivity index is 2.26. The van der Waals surface area contributed by atoms with Gasteiger partial charge in [0.15, 0.2) is 0 Å². The van der Waals surface area contributed by atoms with E-state index in [9.17, 15) is 13.0 Å².